The molecule has 33 heavy (non-hydrogen) atoms. The molecule has 2 aromatic carbocycles. The monoisotopic (exact) mass is 454 g/mol. The van der Waals surface area contributed by atoms with Gasteiger partial charge in [0.2, 0.25) is 0 Å². The second-order valence-corrected chi connectivity index (χ2v) is 9.39. The summed E-state index contributed by atoms with van der Waals surface area (Å²) < 4.78 is 35.4. The minimum Gasteiger partial charge on any atom is -0.486 e. The lowest BCUT2D eigenvalue weighted by Gasteiger charge is -2.32. The van der Waals surface area contributed by atoms with Crippen LogP contribution in [-0.2, 0) is 23.0 Å². The van der Waals surface area contributed by atoms with Gasteiger partial charge in [0, 0.05) is 12.6 Å². The average Bonchev–Trinajstić information content (AvgIpc) is 3.17. The molecular formula is C23H28BFN4O4. The number of benzene rings is 2. The van der Waals surface area contributed by atoms with E-state index in [-0.39, 0.29) is 18.0 Å². The summed E-state index contributed by atoms with van der Waals surface area (Å²) in [5.41, 5.74) is 2.14. The van der Waals surface area contributed by atoms with Crippen molar-refractivity contribution in [1.82, 2.24) is 19.8 Å². The number of ether oxygens (including phenoxy) is 1. The van der Waals surface area contributed by atoms with Crippen LogP contribution in [0.25, 0.3) is 5.69 Å². The summed E-state index contributed by atoms with van der Waals surface area (Å²) in [5.74, 6) is -0.412. The van der Waals surface area contributed by atoms with Crippen LogP contribution in [0.15, 0.2) is 35.1 Å². The number of tetrazole rings is 1. The second-order valence-electron chi connectivity index (χ2n) is 9.39. The standard InChI is InChI=1S/C23H28BFN4O4/c1-14-9-8-10-19(29-21(30)28(7)26-27-29)16(14)13-31-20-11-15(2)17(12-18(20)25)24-32-22(3,4)23(5,6)33-24/h8-12H,13H2,1-7H3. The molecule has 0 atom stereocenters. The van der Waals surface area contributed by atoms with Gasteiger partial charge in [-0.15, -0.1) is 0 Å². The number of nitrogens with zero attached hydrogens (tertiary/aromatic N) is 4. The fraction of sp³-hybridized carbons (Fsp3) is 0.435. The van der Waals surface area contributed by atoms with E-state index in [0.29, 0.717) is 16.7 Å². The Bertz CT molecular complexity index is 1250. The third-order valence-corrected chi connectivity index (χ3v) is 6.54. The van der Waals surface area contributed by atoms with E-state index in [2.05, 4.69) is 10.4 Å². The Hall–Kier alpha value is -2.98. The molecule has 3 aromatic rings. The van der Waals surface area contributed by atoms with Crippen LogP contribution < -0.4 is 15.9 Å². The lowest BCUT2D eigenvalue weighted by Crippen LogP contribution is -2.41. The maximum absolute atomic E-state index is 15.0. The molecular weight excluding hydrogens is 426 g/mol. The fourth-order valence-electron chi connectivity index (χ4n) is 3.69. The van der Waals surface area contributed by atoms with Crippen LogP contribution in [0.1, 0.15) is 44.4 Å². The first-order valence-electron chi connectivity index (χ1n) is 10.8. The lowest BCUT2D eigenvalue weighted by molar-refractivity contribution is 0.00578. The van der Waals surface area contributed by atoms with E-state index in [9.17, 15) is 4.79 Å². The van der Waals surface area contributed by atoms with Gasteiger partial charge in [-0.05, 0) is 86.8 Å². The Morgan fingerprint density at radius 3 is 2.33 bits per heavy atom. The van der Waals surface area contributed by atoms with Crippen molar-refractivity contribution >= 4 is 12.6 Å². The van der Waals surface area contributed by atoms with Crippen molar-refractivity contribution in [2.24, 2.45) is 7.05 Å². The lowest BCUT2D eigenvalue weighted by atomic mass is 9.76. The molecule has 4 rings (SSSR count). The number of aromatic nitrogens is 4. The Labute approximate surface area is 192 Å². The van der Waals surface area contributed by atoms with Crippen LogP contribution in [0, 0.1) is 19.7 Å². The zero-order valence-electron chi connectivity index (χ0n) is 20.0. The van der Waals surface area contributed by atoms with Gasteiger partial charge in [0.25, 0.3) is 0 Å². The highest BCUT2D eigenvalue weighted by atomic mass is 19.1. The van der Waals surface area contributed by atoms with E-state index in [1.54, 1.807) is 12.1 Å². The van der Waals surface area contributed by atoms with Crippen LogP contribution in [0.4, 0.5) is 4.39 Å². The van der Waals surface area contributed by atoms with Crippen LogP contribution in [-0.4, -0.2) is 38.1 Å². The first-order chi connectivity index (χ1) is 15.4. The molecule has 174 valence electrons. The summed E-state index contributed by atoms with van der Waals surface area (Å²) in [5, 5.41) is 7.68. The first kappa shape index (κ1) is 23.2. The molecule has 0 bridgehead atoms. The zero-order valence-corrected chi connectivity index (χ0v) is 20.0. The topological polar surface area (TPSA) is 80.4 Å². The molecule has 1 saturated heterocycles. The van der Waals surface area contributed by atoms with Gasteiger partial charge >= 0.3 is 12.8 Å². The van der Waals surface area contributed by atoms with Crippen LogP contribution in [0.3, 0.4) is 0 Å². The Kier molecular flexibility index (Phi) is 5.70. The highest BCUT2D eigenvalue weighted by molar-refractivity contribution is 6.62. The van der Waals surface area contributed by atoms with Crippen molar-refractivity contribution in [3.05, 3.63) is 63.3 Å². The van der Waals surface area contributed by atoms with Crippen LogP contribution in [0.5, 0.6) is 5.75 Å². The second kappa shape index (κ2) is 8.11. The summed E-state index contributed by atoms with van der Waals surface area (Å²) in [6.45, 7) is 11.6. The van der Waals surface area contributed by atoms with Gasteiger partial charge in [0.15, 0.2) is 11.6 Å². The molecule has 0 spiro atoms. The average molecular weight is 454 g/mol. The summed E-state index contributed by atoms with van der Waals surface area (Å²) in [4.78, 5) is 12.3. The largest absolute Gasteiger partial charge is 0.495 e. The number of rotatable bonds is 5. The maximum atomic E-state index is 15.0. The first-order valence-corrected chi connectivity index (χ1v) is 10.8. The third-order valence-electron chi connectivity index (χ3n) is 6.54. The molecule has 1 fully saturated rings. The summed E-state index contributed by atoms with van der Waals surface area (Å²) in [6.07, 6.45) is 0. The molecule has 0 unspecified atom stereocenters. The highest BCUT2D eigenvalue weighted by Crippen LogP contribution is 2.37. The van der Waals surface area contributed by atoms with Gasteiger partial charge in [0.1, 0.15) is 6.61 Å². The molecule has 0 saturated carbocycles. The number of aryl methyl sites for hydroxylation is 3. The Morgan fingerprint density at radius 1 is 1.06 bits per heavy atom. The molecule has 0 radical (unpaired) electrons. The van der Waals surface area contributed by atoms with Crippen molar-refractivity contribution in [3.63, 3.8) is 0 Å². The van der Waals surface area contributed by atoms with E-state index in [4.69, 9.17) is 14.0 Å². The number of halogens is 1. The van der Waals surface area contributed by atoms with Gasteiger partial charge < -0.3 is 14.0 Å². The summed E-state index contributed by atoms with van der Waals surface area (Å²) in [7, 11) is 0.863. The zero-order chi connectivity index (χ0) is 24.1. The molecule has 8 nitrogen and oxygen atoms in total. The molecule has 1 aliphatic heterocycles. The van der Waals surface area contributed by atoms with Crippen LogP contribution >= 0.6 is 0 Å². The molecule has 1 aliphatic rings. The predicted octanol–water partition coefficient (Wildman–Crippen LogP) is 2.60. The summed E-state index contributed by atoms with van der Waals surface area (Å²) in [6, 6.07) is 8.51. The van der Waals surface area contributed by atoms with Crippen molar-refractivity contribution in [2.45, 2.75) is 59.4 Å². The maximum Gasteiger partial charge on any atom is 0.495 e. The van der Waals surface area contributed by atoms with Crippen molar-refractivity contribution in [1.29, 1.82) is 0 Å². The summed E-state index contributed by atoms with van der Waals surface area (Å²) >= 11 is 0. The number of hydrogen-bond donors (Lipinski definition) is 0. The van der Waals surface area contributed by atoms with E-state index < -0.39 is 24.1 Å². The predicted molar refractivity (Wildman–Crippen MR) is 123 cm³/mol. The smallest absolute Gasteiger partial charge is 0.486 e. The van der Waals surface area contributed by atoms with Gasteiger partial charge in [-0.3, -0.25) is 0 Å². The minimum atomic E-state index is -0.662. The SMILES string of the molecule is Cc1cc(OCc2c(C)cccc2-n2nnn(C)c2=O)c(F)cc1B1OC(C)(C)C(C)(C)O1. The van der Waals surface area contributed by atoms with E-state index in [0.717, 1.165) is 15.8 Å². The van der Waals surface area contributed by atoms with Crippen molar-refractivity contribution < 1.29 is 18.4 Å². The Morgan fingerprint density at radius 2 is 1.73 bits per heavy atom. The highest BCUT2D eigenvalue weighted by Gasteiger charge is 2.52. The normalized spacial score (nSPS) is 16.9. The third kappa shape index (κ3) is 4.09. The van der Waals surface area contributed by atoms with E-state index in [1.165, 1.54) is 17.8 Å². The van der Waals surface area contributed by atoms with Crippen molar-refractivity contribution in [3.8, 4) is 11.4 Å². The van der Waals surface area contributed by atoms with Gasteiger partial charge in [-0.25, -0.2) is 9.18 Å². The van der Waals surface area contributed by atoms with Crippen molar-refractivity contribution in [2.75, 3.05) is 0 Å². The van der Waals surface area contributed by atoms with Crippen LogP contribution in [0.2, 0.25) is 0 Å². The molecule has 2 heterocycles. The van der Waals surface area contributed by atoms with Gasteiger partial charge in [0.05, 0.1) is 16.9 Å². The fourth-order valence-corrected chi connectivity index (χ4v) is 3.69. The van der Waals surface area contributed by atoms with Gasteiger partial charge in [-0.1, -0.05) is 12.1 Å². The molecule has 0 amide bonds. The number of hydrogen-bond acceptors (Lipinski definition) is 6. The van der Waals surface area contributed by atoms with E-state index in [1.807, 2.05) is 53.7 Å². The minimum absolute atomic E-state index is 0.0528. The molecule has 10 heteroatoms. The molecule has 0 N–H and O–H groups in total. The quantitative estimate of drug-likeness (QED) is 0.552. The van der Waals surface area contributed by atoms with E-state index >= 15 is 4.39 Å². The van der Waals surface area contributed by atoms with Gasteiger partial charge in [-0.2, -0.15) is 9.36 Å². The molecule has 1 aromatic heterocycles. The Balaban J connectivity index is 1.61. The molecule has 0 aliphatic carbocycles.